The van der Waals surface area contributed by atoms with Gasteiger partial charge in [0, 0.05) is 11.8 Å². The van der Waals surface area contributed by atoms with Gasteiger partial charge in [0.05, 0.1) is 26.1 Å². The maximum atomic E-state index is 12.0. The van der Waals surface area contributed by atoms with Crippen molar-refractivity contribution in [1.29, 1.82) is 0 Å². The van der Waals surface area contributed by atoms with E-state index in [1.54, 1.807) is 0 Å². The molecule has 2 aliphatic carbocycles. The second-order valence-corrected chi connectivity index (χ2v) is 4.69. The summed E-state index contributed by atoms with van der Waals surface area (Å²) in [5.74, 6) is -2.22. The maximum Gasteiger partial charge on any atom is 0.309 e. The number of rotatable bonds is 2. The Morgan fingerprint density at radius 3 is 1.76 bits per heavy atom. The highest BCUT2D eigenvalue weighted by molar-refractivity contribution is 5.95. The number of ether oxygens (including phenoxy) is 2. The van der Waals surface area contributed by atoms with Crippen LogP contribution in [0.1, 0.15) is 19.3 Å². The van der Waals surface area contributed by atoms with E-state index in [0.29, 0.717) is 19.3 Å². The molecule has 2 bridgehead atoms. The highest BCUT2D eigenvalue weighted by Crippen LogP contribution is 2.46. The molecule has 4 atom stereocenters. The summed E-state index contributed by atoms with van der Waals surface area (Å²) in [4.78, 5) is 35.3. The van der Waals surface area contributed by atoms with Crippen molar-refractivity contribution in [2.24, 2.45) is 23.7 Å². The van der Waals surface area contributed by atoms with Gasteiger partial charge in [0.2, 0.25) is 0 Å². The summed E-state index contributed by atoms with van der Waals surface area (Å²) < 4.78 is 9.41. The molecule has 94 valence electrons. The zero-order valence-corrected chi connectivity index (χ0v) is 9.97. The summed E-state index contributed by atoms with van der Waals surface area (Å²) in [6, 6.07) is 0. The Bertz CT molecular complexity index is 330. The molecule has 0 radical (unpaired) electrons. The van der Waals surface area contributed by atoms with Crippen LogP contribution in [-0.4, -0.2) is 31.9 Å². The van der Waals surface area contributed by atoms with E-state index >= 15 is 0 Å². The van der Waals surface area contributed by atoms with Crippen LogP contribution < -0.4 is 0 Å². The van der Waals surface area contributed by atoms with Crippen molar-refractivity contribution in [3.8, 4) is 0 Å². The fourth-order valence-corrected chi connectivity index (χ4v) is 3.14. The van der Waals surface area contributed by atoms with E-state index in [0.717, 1.165) is 0 Å². The van der Waals surface area contributed by atoms with E-state index in [1.165, 1.54) is 14.2 Å². The van der Waals surface area contributed by atoms with Crippen LogP contribution in [0.3, 0.4) is 0 Å². The Balaban J connectivity index is 2.24. The van der Waals surface area contributed by atoms with Gasteiger partial charge in [0.1, 0.15) is 5.78 Å². The fourth-order valence-electron chi connectivity index (χ4n) is 3.14. The lowest BCUT2D eigenvalue weighted by Gasteiger charge is -2.30. The minimum atomic E-state index is -0.477. The lowest BCUT2D eigenvalue weighted by atomic mass is 9.72. The van der Waals surface area contributed by atoms with E-state index in [9.17, 15) is 14.4 Å². The second kappa shape index (κ2) is 4.47. The largest absolute Gasteiger partial charge is 0.469 e. The van der Waals surface area contributed by atoms with Crippen molar-refractivity contribution in [1.82, 2.24) is 0 Å². The molecule has 0 amide bonds. The molecule has 0 aromatic rings. The molecular formula is C12H16O5. The van der Waals surface area contributed by atoms with E-state index in [-0.39, 0.29) is 17.6 Å². The third kappa shape index (κ3) is 1.83. The van der Waals surface area contributed by atoms with Crippen LogP contribution in [0.15, 0.2) is 0 Å². The predicted molar refractivity (Wildman–Crippen MR) is 56.9 cm³/mol. The van der Waals surface area contributed by atoms with E-state index in [2.05, 4.69) is 0 Å². The maximum absolute atomic E-state index is 12.0. The lowest BCUT2D eigenvalue weighted by molar-refractivity contribution is -0.159. The van der Waals surface area contributed by atoms with Gasteiger partial charge < -0.3 is 9.47 Å². The van der Waals surface area contributed by atoms with Gasteiger partial charge >= 0.3 is 11.9 Å². The van der Waals surface area contributed by atoms with Crippen LogP contribution in [0, 0.1) is 23.7 Å². The minimum Gasteiger partial charge on any atom is -0.469 e. The molecule has 17 heavy (non-hydrogen) atoms. The SMILES string of the molecule is COC(=O)[C@H]1C[C@@H](C(=O)OC)[C@@H]2CC[C@H]1C2=O. The summed E-state index contributed by atoms with van der Waals surface area (Å²) in [5, 5.41) is 0. The molecule has 5 heteroatoms. The fraction of sp³-hybridized carbons (Fsp3) is 0.750. The van der Waals surface area contributed by atoms with Crippen LogP contribution >= 0.6 is 0 Å². The van der Waals surface area contributed by atoms with Gasteiger partial charge in [-0.05, 0) is 19.3 Å². The summed E-state index contributed by atoms with van der Waals surface area (Å²) in [6.07, 6.45) is 1.73. The molecule has 2 aliphatic rings. The molecule has 5 nitrogen and oxygen atoms in total. The quantitative estimate of drug-likeness (QED) is 0.660. The van der Waals surface area contributed by atoms with Gasteiger partial charge in [-0.3, -0.25) is 14.4 Å². The summed E-state index contributed by atoms with van der Waals surface area (Å²) in [6.45, 7) is 0. The van der Waals surface area contributed by atoms with Crippen molar-refractivity contribution < 1.29 is 23.9 Å². The molecule has 0 aromatic carbocycles. The number of methoxy groups -OCH3 is 2. The van der Waals surface area contributed by atoms with Gasteiger partial charge in [-0.25, -0.2) is 0 Å². The van der Waals surface area contributed by atoms with Crippen LogP contribution in [-0.2, 0) is 23.9 Å². The van der Waals surface area contributed by atoms with Gasteiger partial charge in [-0.1, -0.05) is 0 Å². The van der Waals surface area contributed by atoms with Crippen molar-refractivity contribution in [3.05, 3.63) is 0 Å². The summed E-state index contributed by atoms with van der Waals surface area (Å²) >= 11 is 0. The first-order valence-corrected chi connectivity index (χ1v) is 5.79. The Morgan fingerprint density at radius 2 is 1.41 bits per heavy atom. The number of carbonyl (C=O) groups excluding carboxylic acids is 3. The number of esters is 2. The average molecular weight is 240 g/mol. The first-order chi connectivity index (χ1) is 8.10. The van der Waals surface area contributed by atoms with E-state index in [4.69, 9.17) is 9.47 Å². The third-order valence-electron chi connectivity index (χ3n) is 4.01. The zero-order chi connectivity index (χ0) is 12.6. The number of ketones is 1. The average Bonchev–Trinajstić information content (AvgIpc) is 2.61. The molecule has 0 saturated heterocycles. The van der Waals surface area contributed by atoms with Gasteiger partial charge in [-0.2, -0.15) is 0 Å². The normalized spacial score (nSPS) is 35.5. The topological polar surface area (TPSA) is 69.7 Å². The Morgan fingerprint density at radius 1 is 1.00 bits per heavy atom. The van der Waals surface area contributed by atoms with Crippen molar-refractivity contribution >= 4 is 17.7 Å². The molecule has 0 unspecified atom stereocenters. The molecular weight excluding hydrogens is 224 g/mol. The van der Waals surface area contributed by atoms with Gasteiger partial charge in [-0.15, -0.1) is 0 Å². The lowest BCUT2D eigenvalue weighted by Crippen LogP contribution is -2.41. The molecule has 0 aliphatic heterocycles. The highest BCUT2D eigenvalue weighted by atomic mass is 16.5. The van der Waals surface area contributed by atoms with Crippen LogP contribution in [0.2, 0.25) is 0 Å². The molecule has 0 N–H and O–H groups in total. The zero-order valence-electron chi connectivity index (χ0n) is 9.97. The molecule has 0 spiro atoms. The van der Waals surface area contributed by atoms with Gasteiger partial charge in [0.25, 0.3) is 0 Å². The van der Waals surface area contributed by atoms with Crippen LogP contribution in [0.25, 0.3) is 0 Å². The highest BCUT2D eigenvalue weighted by Gasteiger charge is 2.53. The Hall–Kier alpha value is -1.39. The molecule has 2 fully saturated rings. The molecule has 0 aromatic heterocycles. The second-order valence-electron chi connectivity index (χ2n) is 4.69. The van der Waals surface area contributed by atoms with Crippen molar-refractivity contribution in [2.75, 3.05) is 14.2 Å². The van der Waals surface area contributed by atoms with Crippen molar-refractivity contribution in [2.45, 2.75) is 19.3 Å². The van der Waals surface area contributed by atoms with Crippen LogP contribution in [0.5, 0.6) is 0 Å². The number of carbonyl (C=O) groups is 3. The smallest absolute Gasteiger partial charge is 0.309 e. The molecule has 2 saturated carbocycles. The number of hydrogen-bond donors (Lipinski definition) is 0. The summed E-state index contributed by atoms with van der Waals surface area (Å²) in [5.41, 5.74) is 0. The first kappa shape index (κ1) is 12.1. The van der Waals surface area contributed by atoms with Gasteiger partial charge in [0.15, 0.2) is 0 Å². The standard InChI is InChI=1S/C12H16O5/c1-16-11(14)8-5-9(12(15)17-2)7-4-3-6(8)10(7)13/h6-9H,3-5H2,1-2H3/t6-,7+,8+,9-. The summed E-state index contributed by atoms with van der Waals surface area (Å²) in [7, 11) is 2.61. The van der Waals surface area contributed by atoms with Crippen molar-refractivity contribution in [3.63, 3.8) is 0 Å². The number of Topliss-reactive ketones (excluding diaryl/α,β-unsaturated/α-hetero) is 1. The van der Waals surface area contributed by atoms with Crippen LogP contribution in [0.4, 0.5) is 0 Å². The third-order valence-corrected chi connectivity index (χ3v) is 4.01. The monoisotopic (exact) mass is 240 g/mol. The van der Waals surface area contributed by atoms with E-state index in [1.807, 2.05) is 0 Å². The number of fused-ring (bicyclic) bond motifs is 2. The Labute approximate surface area is 99.5 Å². The number of hydrogen-bond acceptors (Lipinski definition) is 5. The first-order valence-electron chi connectivity index (χ1n) is 5.79. The minimum absolute atomic E-state index is 0.0297. The molecule has 2 rings (SSSR count). The predicted octanol–water partition coefficient (Wildman–Crippen LogP) is 0.564. The molecule has 0 heterocycles. The Kier molecular flexibility index (Phi) is 3.17. The van der Waals surface area contributed by atoms with E-state index < -0.39 is 23.8 Å².